The lowest BCUT2D eigenvalue weighted by Gasteiger charge is -2.14. The molecule has 0 aliphatic carbocycles. The van der Waals surface area contributed by atoms with Gasteiger partial charge in [-0.1, -0.05) is 42.5 Å². The van der Waals surface area contributed by atoms with E-state index in [1.807, 2.05) is 48.5 Å². The van der Waals surface area contributed by atoms with Gasteiger partial charge >= 0.3 is 5.97 Å². The number of aromatic carboxylic acids is 1. The largest absolute Gasteiger partial charge is 0.480 e. The van der Waals surface area contributed by atoms with E-state index in [4.69, 9.17) is 4.74 Å². The van der Waals surface area contributed by atoms with Crippen LogP contribution in [-0.2, 0) is 6.54 Å². The summed E-state index contributed by atoms with van der Waals surface area (Å²) < 4.78 is 7.09. The topological polar surface area (TPSA) is 77.2 Å². The number of nitrogens with zero attached hydrogens (tertiary/aromatic N) is 3. The summed E-state index contributed by atoms with van der Waals surface area (Å²) in [5.74, 6) is -0.0873. The average Bonchev–Trinajstić information content (AvgIpc) is 3.04. The number of benzene rings is 2. The highest BCUT2D eigenvalue weighted by atomic mass is 16.5. The Balaban J connectivity index is 1.94. The minimum absolute atomic E-state index is 0.161. The molecular weight excluding hydrogens is 354 g/mol. The van der Waals surface area contributed by atoms with Gasteiger partial charge in [-0.25, -0.2) is 14.8 Å². The molecule has 0 aliphatic heterocycles. The predicted molar refractivity (Wildman–Crippen MR) is 107 cm³/mol. The number of aryl methyl sites for hydroxylation is 1. The first kappa shape index (κ1) is 17.7. The Bertz CT molecular complexity index is 1180. The number of methoxy groups -OCH3 is 1. The van der Waals surface area contributed by atoms with Gasteiger partial charge in [0.1, 0.15) is 5.82 Å². The van der Waals surface area contributed by atoms with Crippen LogP contribution in [0.5, 0.6) is 5.88 Å². The molecule has 0 radical (unpaired) electrons. The molecule has 28 heavy (non-hydrogen) atoms. The molecule has 4 aromatic rings. The molecule has 0 fully saturated rings. The Kier molecular flexibility index (Phi) is 4.53. The van der Waals surface area contributed by atoms with Crippen LogP contribution in [0.3, 0.4) is 0 Å². The van der Waals surface area contributed by atoms with Crippen molar-refractivity contribution in [2.75, 3.05) is 7.11 Å². The molecular formula is C22H19N3O3. The maximum Gasteiger partial charge on any atom is 0.354 e. The zero-order valence-electron chi connectivity index (χ0n) is 15.6. The molecule has 0 amide bonds. The fourth-order valence-corrected chi connectivity index (χ4v) is 3.53. The first-order valence-corrected chi connectivity index (χ1v) is 8.86. The van der Waals surface area contributed by atoms with Crippen molar-refractivity contribution in [2.45, 2.75) is 13.5 Å². The lowest BCUT2D eigenvalue weighted by Crippen LogP contribution is -2.12. The number of carboxylic acids is 1. The van der Waals surface area contributed by atoms with Crippen LogP contribution >= 0.6 is 0 Å². The van der Waals surface area contributed by atoms with Gasteiger partial charge in [-0.05, 0) is 35.4 Å². The second kappa shape index (κ2) is 7.15. The van der Waals surface area contributed by atoms with Crippen molar-refractivity contribution in [3.05, 3.63) is 77.7 Å². The number of rotatable bonds is 5. The van der Waals surface area contributed by atoms with Crippen LogP contribution in [0.2, 0.25) is 0 Å². The highest BCUT2D eigenvalue weighted by Gasteiger charge is 2.23. The van der Waals surface area contributed by atoms with Crippen molar-refractivity contribution in [3.8, 4) is 17.3 Å². The summed E-state index contributed by atoms with van der Waals surface area (Å²) >= 11 is 0. The minimum atomic E-state index is -1.01. The monoisotopic (exact) mass is 373 g/mol. The number of carbonyl (C=O) groups is 1. The Morgan fingerprint density at radius 3 is 2.68 bits per heavy atom. The van der Waals surface area contributed by atoms with Gasteiger partial charge in [0.2, 0.25) is 5.88 Å². The van der Waals surface area contributed by atoms with E-state index in [1.165, 1.54) is 7.11 Å². The summed E-state index contributed by atoms with van der Waals surface area (Å²) in [4.78, 5) is 20.8. The smallest absolute Gasteiger partial charge is 0.354 e. The van der Waals surface area contributed by atoms with E-state index in [2.05, 4.69) is 9.97 Å². The molecule has 0 spiro atoms. The van der Waals surface area contributed by atoms with Crippen LogP contribution in [-0.4, -0.2) is 32.7 Å². The van der Waals surface area contributed by atoms with Crippen LogP contribution in [0, 0.1) is 6.92 Å². The van der Waals surface area contributed by atoms with Crippen molar-refractivity contribution in [1.29, 1.82) is 0 Å². The quantitative estimate of drug-likeness (QED) is 0.568. The summed E-state index contributed by atoms with van der Waals surface area (Å²) in [6.45, 7) is 2.08. The molecule has 0 bridgehead atoms. The molecule has 0 saturated carbocycles. The summed E-state index contributed by atoms with van der Waals surface area (Å²) in [7, 11) is 1.54. The highest BCUT2D eigenvalue weighted by Crippen LogP contribution is 2.30. The lowest BCUT2D eigenvalue weighted by atomic mass is 10.0. The van der Waals surface area contributed by atoms with E-state index in [0.717, 1.165) is 16.3 Å². The van der Waals surface area contributed by atoms with Gasteiger partial charge in [0, 0.05) is 6.20 Å². The van der Waals surface area contributed by atoms with Gasteiger partial charge in [0.05, 0.1) is 24.9 Å². The number of pyridine rings is 1. The minimum Gasteiger partial charge on any atom is -0.480 e. The van der Waals surface area contributed by atoms with Crippen molar-refractivity contribution in [2.24, 2.45) is 0 Å². The number of carboxylic acid groups (broad SMARTS) is 1. The molecule has 0 unspecified atom stereocenters. The highest BCUT2D eigenvalue weighted by molar-refractivity contribution is 5.89. The standard InChI is InChI=1S/C22H19N3O3/c1-14-19(22(26)27)25(20(24-14)18-11-6-12-23-21(18)28-2)13-16-9-5-8-15-7-3-4-10-17(15)16/h3-12H,13H2,1-2H3,(H,26,27). The number of fused-ring (bicyclic) bond motifs is 1. The Hall–Kier alpha value is -3.67. The van der Waals surface area contributed by atoms with E-state index in [1.54, 1.807) is 23.8 Å². The second-order valence-electron chi connectivity index (χ2n) is 6.46. The molecule has 6 nitrogen and oxygen atoms in total. The van der Waals surface area contributed by atoms with Crippen molar-refractivity contribution >= 4 is 16.7 Å². The maximum absolute atomic E-state index is 12.0. The molecule has 140 valence electrons. The van der Waals surface area contributed by atoms with Gasteiger partial charge < -0.3 is 14.4 Å². The van der Waals surface area contributed by atoms with Crippen LogP contribution in [0.15, 0.2) is 60.8 Å². The second-order valence-corrected chi connectivity index (χ2v) is 6.46. The molecule has 0 saturated heterocycles. The molecule has 0 aliphatic rings. The molecule has 4 rings (SSSR count). The SMILES string of the molecule is COc1ncccc1-c1nc(C)c(C(=O)O)n1Cc1cccc2ccccc12. The third-order valence-corrected chi connectivity index (χ3v) is 4.76. The average molecular weight is 373 g/mol. The van der Waals surface area contributed by atoms with Crippen LogP contribution in [0.25, 0.3) is 22.2 Å². The molecule has 2 aromatic carbocycles. The van der Waals surface area contributed by atoms with Crippen molar-refractivity contribution in [1.82, 2.24) is 14.5 Å². The number of aromatic nitrogens is 3. The fraction of sp³-hybridized carbons (Fsp3) is 0.136. The summed E-state index contributed by atoms with van der Waals surface area (Å²) in [6.07, 6.45) is 1.63. The van der Waals surface area contributed by atoms with Crippen LogP contribution in [0.4, 0.5) is 0 Å². The number of imidazole rings is 1. The van der Waals surface area contributed by atoms with Crippen molar-refractivity contribution < 1.29 is 14.6 Å². The third-order valence-electron chi connectivity index (χ3n) is 4.76. The van der Waals surface area contributed by atoms with E-state index < -0.39 is 5.97 Å². The van der Waals surface area contributed by atoms with Crippen molar-refractivity contribution in [3.63, 3.8) is 0 Å². The normalized spacial score (nSPS) is 10.9. The van der Waals surface area contributed by atoms with Gasteiger partial charge in [-0.15, -0.1) is 0 Å². The zero-order valence-corrected chi connectivity index (χ0v) is 15.6. The van der Waals surface area contributed by atoms with E-state index in [0.29, 0.717) is 29.5 Å². The van der Waals surface area contributed by atoms with Gasteiger partial charge in [-0.2, -0.15) is 0 Å². The summed E-state index contributed by atoms with van der Waals surface area (Å²) in [5, 5.41) is 12.0. The molecule has 1 N–H and O–H groups in total. The third kappa shape index (κ3) is 2.99. The molecule has 2 aromatic heterocycles. The van der Waals surface area contributed by atoms with Crippen LogP contribution < -0.4 is 4.74 Å². The zero-order chi connectivity index (χ0) is 19.7. The van der Waals surface area contributed by atoms with E-state index in [9.17, 15) is 9.90 Å². The van der Waals surface area contributed by atoms with Gasteiger partial charge in [-0.3, -0.25) is 0 Å². The van der Waals surface area contributed by atoms with E-state index in [-0.39, 0.29) is 5.69 Å². The summed E-state index contributed by atoms with van der Waals surface area (Å²) in [5.41, 5.74) is 2.28. The number of ether oxygens (including phenoxy) is 1. The molecule has 2 heterocycles. The van der Waals surface area contributed by atoms with Gasteiger partial charge in [0.15, 0.2) is 5.69 Å². The fourth-order valence-electron chi connectivity index (χ4n) is 3.53. The number of hydrogen-bond donors (Lipinski definition) is 1. The molecule has 0 atom stereocenters. The maximum atomic E-state index is 12.0. The Morgan fingerprint density at radius 2 is 1.89 bits per heavy atom. The Morgan fingerprint density at radius 1 is 1.11 bits per heavy atom. The van der Waals surface area contributed by atoms with Gasteiger partial charge in [0.25, 0.3) is 0 Å². The van der Waals surface area contributed by atoms with E-state index >= 15 is 0 Å². The molecule has 6 heteroatoms. The van der Waals surface area contributed by atoms with Crippen LogP contribution in [0.1, 0.15) is 21.7 Å². The first-order valence-electron chi connectivity index (χ1n) is 8.86. The number of hydrogen-bond acceptors (Lipinski definition) is 4. The predicted octanol–water partition coefficient (Wildman–Crippen LogP) is 4.16. The first-order chi connectivity index (χ1) is 13.6. The Labute approximate surface area is 162 Å². The summed E-state index contributed by atoms with van der Waals surface area (Å²) in [6, 6.07) is 17.7. The lowest BCUT2D eigenvalue weighted by molar-refractivity contribution is 0.0685.